The number of nitrogens with zero attached hydrogens (tertiary/aromatic N) is 2. The van der Waals surface area contributed by atoms with Crippen LogP contribution in [0.25, 0.3) is 21.3 Å². The highest BCUT2D eigenvalue weighted by Crippen LogP contribution is 2.35. The lowest BCUT2D eigenvalue weighted by molar-refractivity contribution is 0.749. The number of rotatable bonds is 3. The van der Waals surface area contributed by atoms with Gasteiger partial charge >= 0.3 is 0 Å². The molecule has 0 saturated heterocycles. The number of aromatic nitrogens is 2. The minimum Gasteiger partial charge on any atom is -0.294 e. The highest BCUT2D eigenvalue weighted by Gasteiger charge is 2.17. The molecule has 2 aromatic carbocycles. The Bertz CT molecular complexity index is 1150. The van der Waals surface area contributed by atoms with E-state index in [1.807, 2.05) is 55.5 Å². The van der Waals surface area contributed by atoms with E-state index in [-0.39, 0.29) is 5.56 Å². The fourth-order valence-electron chi connectivity index (χ4n) is 3.00. The average Bonchev–Trinajstić information content (AvgIpc) is 2.97. The summed E-state index contributed by atoms with van der Waals surface area (Å²) in [4.78, 5) is 19.6. The zero-order chi connectivity index (χ0) is 18.3. The molecule has 2 heterocycles. The van der Waals surface area contributed by atoms with Crippen molar-refractivity contribution >= 4 is 53.4 Å². The fraction of sp³-hybridized carbons (Fsp3) is 0.100. The summed E-state index contributed by atoms with van der Waals surface area (Å²) < 4.78 is 3.72. The molecule has 0 unspecified atom stereocenters. The highest BCUT2D eigenvalue weighted by atomic mass is 79.9. The van der Waals surface area contributed by atoms with Crippen LogP contribution in [0.3, 0.4) is 0 Å². The van der Waals surface area contributed by atoms with Gasteiger partial charge in [0.1, 0.15) is 4.83 Å². The van der Waals surface area contributed by atoms with E-state index in [0.29, 0.717) is 11.9 Å². The van der Waals surface area contributed by atoms with E-state index >= 15 is 0 Å². The normalized spacial score (nSPS) is 11.2. The van der Waals surface area contributed by atoms with Crippen molar-refractivity contribution in [2.75, 3.05) is 0 Å². The van der Waals surface area contributed by atoms with Gasteiger partial charge in [-0.15, -0.1) is 11.3 Å². The molecule has 0 aliphatic heterocycles. The summed E-state index contributed by atoms with van der Waals surface area (Å²) in [5, 5.41) is 0.703. The van der Waals surface area contributed by atoms with Crippen molar-refractivity contribution in [2.45, 2.75) is 13.5 Å². The fourth-order valence-corrected chi connectivity index (χ4v) is 4.53. The Morgan fingerprint density at radius 3 is 2.27 bits per heavy atom. The molecule has 0 spiro atoms. The van der Waals surface area contributed by atoms with Crippen LogP contribution in [0.1, 0.15) is 10.4 Å². The Morgan fingerprint density at radius 2 is 1.62 bits per heavy atom. The highest BCUT2D eigenvalue weighted by molar-refractivity contribution is 9.10. The summed E-state index contributed by atoms with van der Waals surface area (Å²) in [7, 11) is 0. The summed E-state index contributed by atoms with van der Waals surface area (Å²) >= 11 is 8.47. The van der Waals surface area contributed by atoms with Crippen molar-refractivity contribution in [1.29, 1.82) is 0 Å². The minimum atomic E-state index is 0.000174. The van der Waals surface area contributed by atoms with E-state index in [9.17, 15) is 4.79 Å². The lowest BCUT2D eigenvalue weighted by Gasteiger charge is -2.07. The zero-order valence-electron chi connectivity index (χ0n) is 13.9. The van der Waals surface area contributed by atoms with Crippen LogP contribution < -0.4 is 5.56 Å². The molecule has 26 heavy (non-hydrogen) atoms. The summed E-state index contributed by atoms with van der Waals surface area (Å²) in [5.74, 6) is 0. The Morgan fingerprint density at radius 1 is 1.00 bits per heavy atom. The van der Waals surface area contributed by atoms with Crippen LogP contribution in [-0.2, 0) is 6.54 Å². The molecule has 0 N–H and O–H groups in total. The first-order chi connectivity index (χ1) is 12.5. The number of thiophene rings is 1. The topological polar surface area (TPSA) is 34.9 Å². The third kappa shape index (κ3) is 3.29. The van der Waals surface area contributed by atoms with Crippen LogP contribution in [0.15, 0.2) is 68.6 Å². The standard InChI is InChI=1S/C20H14Br2N2OS/c1-12-17(14-4-8-16(22)9-5-14)18-19(26-12)23-11-24(20(18)25)10-13-2-6-15(21)7-3-13/h2-9,11H,10H2,1H3. The minimum absolute atomic E-state index is 0.000174. The second kappa shape index (κ2) is 7.10. The van der Waals surface area contributed by atoms with Gasteiger partial charge in [0, 0.05) is 19.4 Å². The van der Waals surface area contributed by atoms with Crippen LogP contribution in [0.4, 0.5) is 0 Å². The van der Waals surface area contributed by atoms with Crippen molar-refractivity contribution in [3.63, 3.8) is 0 Å². The first-order valence-electron chi connectivity index (χ1n) is 8.02. The number of fused-ring (bicyclic) bond motifs is 1. The molecule has 130 valence electrons. The summed E-state index contributed by atoms with van der Waals surface area (Å²) in [6.45, 7) is 2.55. The Labute approximate surface area is 171 Å². The lowest BCUT2D eigenvalue weighted by atomic mass is 10.0. The Kier molecular flexibility index (Phi) is 4.82. The quantitative estimate of drug-likeness (QED) is 0.353. The van der Waals surface area contributed by atoms with E-state index in [1.54, 1.807) is 22.2 Å². The molecular weight excluding hydrogens is 476 g/mol. The van der Waals surface area contributed by atoms with E-state index in [0.717, 1.165) is 35.3 Å². The van der Waals surface area contributed by atoms with Crippen molar-refractivity contribution in [3.8, 4) is 11.1 Å². The van der Waals surface area contributed by atoms with E-state index < -0.39 is 0 Å². The van der Waals surface area contributed by atoms with Gasteiger partial charge in [-0.05, 0) is 42.3 Å². The van der Waals surface area contributed by atoms with Crippen LogP contribution in [0, 0.1) is 6.92 Å². The molecule has 0 atom stereocenters. The van der Waals surface area contributed by atoms with E-state index in [1.165, 1.54) is 0 Å². The lowest BCUT2D eigenvalue weighted by Crippen LogP contribution is -2.21. The monoisotopic (exact) mass is 488 g/mol. The van der Waals surface area contributed by atoms with Crippen molar-refractivity contribution in [2.24, 2.45) is 0 Å². The molecule has 0 radical (unpaired) electrons. The van der Waals surface area contributed by atoms with Crippen LogP contribution in [0.2, 0.25) is 0 Å². The van der Waals surface area contributed by atoms with Gasteiger partial charge in [-0.2, -0.15) is 0 Å². The Balaban J connectivity index is 1.86. The van der Waals surface area contributed by atoms with Gasteiger partial charge in [-0.3, -0.25) is 9.36 Å². The maximum atomic E-state index is 13.2. The van der Waals surface area contributed by atoms with Gasteiger partial charge in [-0.25, -0.2) is 4.98 Å². The van der Waals surface area contributed by atoms with Gasteiger partial charge in [0.2, 0.25) is 0 Å². The molecule has 6 heteroatoms. The van der Waals surface area contributed by atoms with Gasteiger partial charge in [0.15, 0.2) is 0 Å². The second-order valence-corrected chi connectivity index (χ2v) is 9.06. The van der Waals surface area contributed by atoms with Crippen LogP contribution in [-0.4, -0.2) is 9.55 Å². The third-order valence-corrected chi connectivity index (χ3v) is 6.32. The Hall–Kier alpha value is -1.76. The van der Waals surface area contributed by atoms with E-state index in [2.05, 4.69) is 36.8 Å². The third-order valence-electron chi connectivity index (χ3n) is 4.25. The molecule has 2 aromatic heterocycles. The number of halogens is 2. The number of hydrogen-bond donors (Lipinski definition) is 0. The predicted molar refractivity (Wildman–Crippen MR) is 115 cm³/mol. The summed E-state index contributed by atoms with van der Waals surface area (Å²) in [6.07, 6.45) is 1.65. The van der Waals surface area contributed by atoms with Crippen LogP contribution in [0.5, 0.6) is 0 Å². The van der Waals surface area contributed by atoms with Crippen LogP contribution >= 0.6 is 43.2 Å². The smallest absolute Gasteiger partial charge is 0.263 e. The number of aryl methyl sites for hydroxylation is 1. The van der Waals surface area contributed by atoms with E-state index in [4.69, 9.17) is 0 Å². The first-order valence-corrected chi connectivity index (χ1v) is 10.4. The maximum Gasteiger partial charge on any atom is 0.263 e. The summed E-state index contributed by atoms with van der Waals surface area (Å²) in [5.41, 5.74) is 3.09. The molecular formula is C20H14Br2N2OS. The van der Waals surface area contributed by atoms with Crippen molar-refractivity contribution in [3.05, 3.63) is 84.6 Å². The van der Waals surface area contributed by atoms with Gasteiger partial charge in [0.05, 0.1) is 18.3 Å². The molecule has 0 amide bonds. The van der Waals surface area contributed by atoms with Gasteiger partial charge < -0.3 is 0 Å². The van der Waals surface area contributed by atoms with Crippen molar-refractivity contribution < 1.29 is 0 Å². The molecule has 0 bridgehead atoms. The number of hydrogen-bond acceptors (Lipinski definition) is 3. The molecule has 4 rings (SSSR count). The first kappa shape index (κ1) is 17.6. The molecule has 0 saturated carbocycles. The molecule has 0 fully saturated rings. The zero-order valence-corrected chi connectivity index (χ0v) is 17.9. The molecule has 4 aromatic rings. The molecule has 3 nitrogen and oxygen atoms in total. The predicted octanol–water partition coefficient (Wildman–Crippen LogP) is 6.01. The molecule has 0 aliphatic carbocycles. The summed E-state index contributed by atoms with van der Waals surface area (Å²) in [6, 6.07) is 16.0. The maximum absolute atomic E-state index is 13.2. The number of benzene rings is 2. The average molecular weight is 490 g/mol. The SMILES string of the molecule is Cc1sc2ncn(Cc3ccc(Br)cc3)c(=O)c2c1-c1ccc(Br)cc1. The molecule has 0 aliphatic rings. The van der Waals surface area contributed by atoms with Gasteiger partial charge in [-0.1, -0.05) is 56.1 Å². The van der Waals surface area contributed by atoms with Crippen molar-refractivity contribution in [1.82, 2.24) is 9.55 Å². The van der Waals surface area contributed by atoms with Gasteiger partial charge in [0.25, 0.3) is 5.56 Å². The largest absolute Gasteiger partial charge is 0.294 e. The second-order valence-electron chi connectivity index (χ2n) is 6.02.